The van der Waals surface area contributed by atoms with Crippen LogP contribution in [0.3, 0.4) is 0 Å². The molecular weight excluding hydrogens is 498 g/mol. The molecule has 2 aromatic carbocycles. The predicted molar refractivity (Wildman–Crippen MR) is 132 cm³/mol. The molecule has 31 heavy (non-hydrogen) atoms. The first kappa shape index (κ1) is 26.1. The zero-order valence-electron chi connectivity index (χ0n) is 17.3. The lowest BCUT2D eigenvalue weighted by molar-refractivity contribution is -0.139. The van der Waals surface area contributed by atoms with Crippen molar-refractivity contribution in [1.82, 2.24) is 10.2 Å². The van der Waals surface area contributed by atoms with Gasteiger partial charge in [0.15, 0.2) is 0 Å². The van der Waals surface area contributed by atoms with Gasteiger partial charge in [0.1, 0.15) is 6.04 Å². The number of nitrogens with one attached hydrogen (secondary N) is 1. The van der Waals surface area contributed by atoms with Gasteiger partial charge in [-0.1, -0.05) is 65.5 Å². The van der Waals surface area contributed by atoms with Crippen LogP contribution in [-0.2, 0) is 21.9 Å². The quantitative estimate of drug-likeness (QED) is 0.389. The van der Waals surface area contributed by atoms with Crippen LogP contribution in [0.1, 0.15) is 31.4 Å². The number of hydrogen-bond acceptors (Lipinski definition) is 3. The normalized spacial score (nSPS) is 11.8. The number of likely N-dealkylation sites (N-methyl/N-ethyl adjacent to an activating group) is 1. The lowest BCUT2D eigenvalue weighted by Gasteiger charge is -2.31. The maximum Gasteiger partial charge on any atom is 0.242 e. The third-order valence-electron chi connectivity index (χ3n) is 4.66. The second kappa shape index (κ2) is 12.8. The van der Waals surface area contributed by atoms with E-state index in [1.807, 2.05) is 13.8 Å². The molecule has 1 atom stereocenters. The maximum atomic E-state index is 13.2. The van der Waals surface area contributed by atoms with Gasteiger partial charge in [0.2, 0.25) is 11.8 Å². The molecule has 0 aromatic heterocycles. The molecule has 0 radical (unpaired) electrons. The van der Waals surface area contributed by atoms with E-state index in [0.29, 0.717) is 44.4 Å². The van der Waals surface area contributed by atoms with Gasteiger partial charge in [-0.3, -0.25) is 9.59 Å². The summed E-state index contributed by atoms with van der Waals surface area (Å²) in [5.41, 5.74) is 1.39. The first-order valence-corrected chi connectivity index (χ1v) is 12.5. The molecule has 0 saturated heterocycles. The zero-order valence-corrected chi connectivity index (χ0v) is 21.1. The summed E-state index contributed by atoms with van der Waals surface area (Å²) in [6.45, 7) is 4.32. The second-order valence-corrected chi connectivity index (χ2v) is 9.35. The van der Waals surface area contributed by atoms with Crippen molar-refractivity contribution in [3.63, 3.8) is 0 Å². The Morgan fingerprint density at radius 3 is 1.94 bits per heavy atom. The Bertz CT molecular complexity index is 886. The van der Waals surface area contributed by atoms with E-state index >= 15 is 0 Å². The number of carbonyl (C=O) groups excluding carboxylic acids is 2. The molecule has 0 heterocycles. The van der Waals surface area contributed by atoms with Crippen LogP contribution in [0, 0.1) is 0 Å². The van der Waals surface area contributed by atoms with E-state index in [9.17, 15) is 9.59 Å². The van der Waals surface area contributed by atoms with E-state index in [-0.39, 0.29) is 24.1 Å². The molecule has 1 N–H and O–H groups in total. The van der Waals surface area contributed by atoms with Gasteiger partial charge in [-0.2, -0.15) is 0 Å². The number of benzene rings is 2. The highest BCUT2D eigenvalue weighted by Crippen LogP contribution is 2.30. The average Bonchev–Trinajstić information content (AvgIpc) is 2.72. The maximum absolute atomic E-state index is 13.2. The molecule has 1 unspecified atom stereocenters. The number of thioether (sulfide) groups is 1. The smallest absolute Gasteiger partial charge is 0.242 e. The first-order valence-electron chi connectivity index (χ1n) is 9.80. The predicted octanol–water partition coefficient (Wildman–Crippen LogP) is 6.48. The monoisotopic (exact) mass is 520 g/mol. The molecule has 168 valence electrons. The molecule has 0 spiro atoms. The number of halogens is 4. The van der Waals surface area contributed by atoms with Crippen LogP contribution in [0.25, 0.3) is 0 Å². The summed E-state index contributed by atoms with van der Waals surface area (Å²) in [6.07, 6.45) is 0.459. The molecule has 0 saturated carbocycles. The van der Waals surface area contributed by atoms with Crippen LogP contribution < -0.4 is 5.32 Å². The van der Waals surface area contributed by atoms with Crippen molar-refractivity contribution >= 4 is 70.0 Å². The Hall–Kier alpha value is -1.11. The summed E-state index contributed by atoms with van der Waals surface area (Å²) in [7, 11) is 0. The van der Waals surface area contributed by atoms with Crippen LogP contribution in [0.5, 0.6) is 0 Å². The number of nitrogens with zero attached hydrogens (tertiary/aromatic N) is 1. The number of amides is 2. The highest BCUT2D eigenvalue weighted by Gasteiger charge is 2.29. The van der Waals surface area contributed by atoms with Gasteiger partial charge in [0, 0.05) is 44.5 Å². The molecule has 0 fully saturated rings. The molecule has 0 aliphatic carbocycles. The lowest BCUT2D eigenvalue weighted by atomic mass is 10.1. The molecule has 4 nitrogen and oxygen atoms in total. The Morgan fingerprint density at radius 2 is 1.45 bits per heavy atom. The number of rotatable bonds is 10. The number of hydrogen-bond donors (Lipinski definition) is 1. The average molecular weight is 522 g/mol. The third kappa shape index (κ3) is 7.19. The summed E-state index contributed by atoms with van der Waals surface area (Å²) in [5, 5.41) is 4.82. The molecule has 0 bridgehead atoms. The van der Waals surface area contributed by atoms with E-state index in [2.05, 4.69) is 5.32 Å². The fourth-order valence-corrected chi connectivity index (χ4v) is 5.22. The van der Waals surface area contributed by atoms with E-state index in [1.54, 1.807) is 41.3 Å². The fraction of sp³-hybridized carbons (Fsp3) is 0.364. The topological polar surface area (TPSA) is 49.4 Å². The van der Waals surface area contributed by atoms with Crippen LogP contribution in [0.4, 0.5) is 0 Å². The lowest BCUT2D eigenvalue weighted by Crippen LogP contribution is -2.49. The molecule has 2 amide bonds. The summed E-state index contributed by atoms with van der Waals surface area (Å²) >= 11 is 26.5. The highest BCUT2D eigenvalue weighted by atomic mass is 35.5. The standard InChI is InChI=1S/C22H24Cl4N2O2S/c1-3-20(22(30)27-4-2)28(11-14-16(23)7-5-8-17(14)24)21(29)13-31-12-15-18(25)9-6-10-19(15)26/h5-10,20H,3-4,11-13H2,1-2H3,(H,27,30). The van der Waals surface area contributed by atoms with Crippen molar-refractivity contribution < 1.29 is 9.59 Å². The second-order valence-electron chi connectivity index (χ2n) is 6.73. The van der Waals surface area contributed by atoms with E-state index in [0.717, 1.165) is 5.56 Å². The van der Waals surface area contributed by atoms with Crippen LogP contribution in [0.2, 0.25) is 20.1 Å². The first-order chi connectivity index (χ1) is 14.8. The van der Waals surface area contributed by atoms with Gasteiger partial charge >= 0.3 is 0 Å². The zero-order chi connectivity index (χ0) is 23.0. The van der Waals surface area contributed by atoms with Gasteiger partial charge in [-0.15, -0.1) is 11.8 Å². The largest absolute Gasteiger partial charge is 0.355 e. The molecule has 0 aliphatic rings. The van der Waals surface area contributed by atoms with Crippen molar-refractivity contribution in [3.05, 3.63) is 67.6 Å². The molecule has 9 heteroatoms. The fourth-order valence-electron chi connectivity index (χ4n) is 3.06. The van der Waals surface area contributed by atoms with Crippen molar-refractivity contribution in [1.29, 1.82) is 0 Å². The minimum Gasteiger partial charge on any atom is -0.355 e. The van der Waals surface area contributed by atoms with Gasteiger partial charge in [0.05, 0.1) is 5.75 Å². The van der Waals surface area contributed by atoms with E-state index in [4.69, 9.17) is 46.4 Å². The minimum absolute atomic E-state index is 0.139. The highest BCUT2D eigenvalue weighted by molar-refractivity contribution is 7.99. The van der Waals surface area contributed by atoms with Crippen LogP contribution >= 0.6 is 58.2 Å². The SMILES string of the molecule is CCNC(=O)C(CC)N(Cc1c(Cl)cccc1Cl)C(=O)CSCc1c(Cl)cccc1Cl. The van der Waals surface area contributed by atoms with E-state index in [1.165, 1.54) is 11.8 Å². The van der Waals surface area contributed by atoms with Crippen molar-refractivity contribution in [3.8, 4) is 0 Å². The van der Waals surface area contributed by atoms with Gasteiger partial charge in [-0.05, 0) is 43.2 Å². The summed E-state index contributed by atoms with van der Waals surface area (Å²) in [6, 6.07) is 9.84. The molecule has 2 aromatic rings. The van der Waals surface area contributed by atoms with Crippen molar-refractivity contribution in [2.75, 3.05) is 12.3 Å². The summed E-state index contributed by atoms with van der Waals surface area (Å²) < 4.78 is 0. The van der Waals surface area contributed by atoms with Gasteiger partial charge in [0.25, 0.3) is 0 Å². The minimum atomic E-state index is -0.635. The molecule has 2 rings (SSSR count). The molecular formula is C22H24Cl4N2O2S. The Kier molecular flexibility index (Phi) is 10.8. The van der Waals surface area contributed by atoms with E-state index < -0.39 is 6.04 Å². The van der Waals surface area contributed by atoms with Crippen LogP contribution in [0.15, 0.2) is 36.4 Å². The van der Waals surface area contributed by atoms with Crippen molar-refractivity contribution in [2.45, 2.75) is 38.6 Å². The van der Waals surface area contributed by atoms with Gasteiger partial charge in [-0.25, -0.2) is 0 Å². The molecule has 0 aliphatic heterocycles. The Balaban J connectivity index is 2.22. The Labute approximate surface area is 207 Å². The third-order valence-corrected chi connectivity index (χ3v) is 7.02. The van der Waals surface area contributed by atoms with Gasteiger partial charge < -0.3 is 10.2 Å². The number of carbonyl (C=O) groups is 2. The summed E-state index contributed by atoms with van der Waals surface area (Å²) in [5.74, 6) is 0.227. The Morgan fingerprint density at radius 1 is 0.935 bits per heavy atom. The summed E-state index contributed by atoms with van der Waals surface area (Å²) in [4.78, 5) is 27.4. The van der Waals surface area contributed by atoms with Crippen LogP contribution in [-0.4, -0.2) is 35.1 Å². The van der Waals surface area contributed by atoms with Crippen molar-refractivity contribution in [2.24, 2.45) is 0 Å².